The Kier molecular flexibility index (Phi) is 3.70. The second kappa shape index (κ2) is 5.83. The van der Waals surface area contributed by atoms with Gasteiger partial charge < -0.3 is 9.42 Å². The van der Waals surface area contributed by atoms with Gasteiger partial charge in [0, 0.05) is 42.6 Å². The monoisotopic (exact) mass is 317 g/mol. The molecular formula is C16H19N3O2S. The summed E-state index contributed by atoms with van der Waals surface area (Å²) < 4.78 is 5.39. The number of rotatable bonds is 2. The first-order valence-electron chi connectivity index (χ1n) is 7.99. The van der Waals surface area contributed by atoms with Crippen molar-refractivity contribution in [3.05, 3.63) is 33.6 Å². The van der Waals surface area contributed by atoms with E-state index in [1.807, 2.05) is 16.5 Å². The molecule has 1 atom stereocenters. The minimum absolute atomic E-state index is 0.0353. The van der Waals surface area contributed by atoms with Crippen molar-refractivity contribution in [1.82, 2.24) is 15.0 Å². The summed E-state index contributed by atoms with van der Waals surface area (Å²) in [6, 6.07) is 0. The quantitative estimate of drug-likeness (QED) is 0.854. The fourth-order valence-corrected chi connectivity index (χ4v) is 4.27. The molecule has 2 aromatic heterocycles. The van der Waals surface area contributed by atoms with E-state index in [-0.39, 0.29) is 5.91 Å². The van der Waals surface area contributed by atoms with Crippen LogP contribution in [0.2, 0.25) is 0 Å². The van der Waals surface area contributed by atoms with Crippen molar-refractivity contribution < 1.29 is 9.32 Å². The Bertz CT molecular complexity index is 665. The minimum atomic E-state index is 0.0353. The van der Waals surface area contributed by atoms with Crippen molar-refractivity contribution in [3.63, 3.8) is 0 Å². The van der Waals surface area contributed by atoms with Crippen LogP contribution in [-0.4, -0.2) is 34.0 Å². The number of nitrogens with zero attached hydrogens (tertiary/aromatic N) is 3. The molecule has 4 rings (SSSR count). The van der Waals surface area contributed by atoms with Gasteiger partial charge in [0.25, 0.3) is 5.91 Å². The molecule has 1 amide bonds. The molecule has 22 heavy (non-hydrogen) atoms. The highest BCUT2D eigenvalue weighted by Gasteiger charge is 2.31. The van der Waals surface area contributed by atoms with Crippen LogP contribution in [0, 0.1) is 0 Å². The topological polar surface area (TPSA) is 59.2 Å². The predicted octanol–water partition coefficient (Wildman–Crippen LogP) is 3.03. The molecule has 0 spiro atoms. The maximum Gasteiger partial charge on any atom is 0.276 e. The molecule has 1 fully saturated rings. The van der Waals surface area contributed by atoms with E-state index in [1.54, 1.807) is 11.3 Å². The number of carbonyl (C=O) groups is 1. The fraction of sp³-hybridized carbons (Fsp3) is 0.562. The van der Waals surface area contributed by atoms with Gasteiger partial charge in [0.2, 0.25) is 0 Å². The molecule has 1 aliphatic heterocycles. The largest absolute Gasteiger partial charge is 0.360 e. The first-order valence-corrected chi connectivity index (χ1v) is 8.87. The van der Waals surface area contributed by atoms with E-state index in [0.29, 0.717) is 11.6 Å². The predicted molar refractivity (Wildman–Crippen MR) is 83.1 cm³/mol. The number of aromatic nitrogens is 2. The Morgan fingerprint density at radius 3 is 3.09 bits per heavy atom. The molecule has 3 heterocycles. The summed E-state index contributed by atoms with van der Waals surface area (Å²) in [5, 5.41) is 7.22. The van der Waals surface area contributed by atoms with E-state index in [1.165, 1.54) is 0 Å². The van der Waals surface area contributed by atoms with Gasteiger partial charge in [-0.15, -0.1) is 11.3 Å². The van der Waals surface area contributed by atoms with Crippen LogP contribution >= 0.6 is 11.3 Å². The Hall–Kier alpha value is -1.69. The summed E-state index contributed by atoms with van der Waals surface area (Å²) >= 11 is 1.68. The van der Waals surface area contributed by atoms with E-state index in [9.17, 15) is 4.79 Å². The summed E-state index contributed by atoms with van der Waals surface area (Å²) in [4.78, 5) is 19.2. The molecule has 1 aliphatic carbocycles. The van der Waals surface area contributed by atoms with Crippen molar-refractivity contribution in [2.24, 2.45) is 0 Å². The molecule has 2 aliphatic rings. The Labute approximate surface area is 133 Å². The van der Waals surface area contributed by atoms with E-state index in [0.717, 1.165) is 67.9 Å². The molecule has 5 nitrogen and oxygen atoms in total. The fourth-order valence-electron chi connectivity index (χ4n) is 3.50. The Balaban J connectivity index is 1.54. The summed E-state index contributed by atoms with van der Waals surface area (Å²) in [5.74, 6) is 1.32. The molecule has 116 valence electrons. The Morgan fingerprint density at radius 1 is 1.32 bits per heavy atom. The zero-order chi connectivity index (χ0) is 14.9. The van der Waals surface area contributed by atoms with Gasteiger partial charge in [-0.2, -0.15) is 0 Å². The number of thiazole rings is 1. The van der Waals surface area contributed by atoms with E-state index in [2.05, 4.69) is 10.1 Å². The molecule has 0 unspecified atom stereocenters. The summed E-state index contributed by atoms with van der Waals surface area (Å²) in [7, 11) is 0. The van der Waals surface area contributed by atoms with Gasteiger partial charge in [-0.25, -0.2) is 4.98 Å². The van der Waals surface area contributed by atoms with Gasteiger partial charge in [0.15, 0.2) is 5.69 Å². The van der Waals surface area contributed by atoms with Gasteiger partial charge in [-0.05, 0) is 32.1 Å². The van der Waals surface area contributed by atoms with Crippen LogP contribution in [0.3, 0.4) is 0 Å². The first kappa shape index (κ1) is 13.9. The van der Waals surface area contributed by atoms with Gasteiger partial charge in [-0.3, -0.25) is 4.79 Å². The minimum Gasteiger partial charge on any atom is -0.360 e. The highest BCUT2D eigenvalue weighted by atomic mass is 32.1. The van der Waals surface area contributed by atoms with Crippen LogP contribution in [0.1, 0.15) is 58.4 Å². The summed E-state index contributed by atoms with van der Waals surface area (Å²) in [6.07, 6.45) is 8.06. The molecule has 1 saturated heterocycles. The number of piperidine rings is 1. The van der Waals surface area contributed by atoms with E-state index >= 15 is 0 Å². The summed E-state index contributed by atoms with van der Waals surface area (Å²) in [5.41, 5.74) is 1.60. The number of fused-ring (bicyclic) bond motifs is 1. The second-order valence-electron chi connectivity index (χ2n) is 6.10. The second-order valence-corrected chi connectivity index (χ2v) is 7.03. The van der Waals surface area contributed by atoms with Crippen LogP contribution in [0.4, 0.5) is 0 Å². The van der Waals surface area contributed by atoms with Crippen LogP contribution < -0.4 is 0 Å². The van der Waals surface area contributed by atoms with Crippen LogP contribution in [0.15, 0.2) is 16.1 Å². The van der Waals surface area contributed by atoms with Crippen molar-refractivity contribution in [2.45, 2.75) is 44.4 Å². The van der Waals surface area contributed by atoms with Crippen molar-refractivity contribution in [2.75, 3.05) is 13.1 Å². The Morgan fingerprint density at radius 2 is 2.23 bits per heavy atom. The number of carbonyl (C=O) groups excluding carboxylic acids is 1. The van der Waals surface area contributed by atoms with Crippen molar-refractivity contribution >= 4 is 17.2 Å². The number of amides is 1. The third kappa shape index (κ3) is 2.45. The molecule has 0 saturated carbocycles. The standard InChI is InChI=1S/C16H19N3O2S/c20-16(14-12-5-1-2-6-13(12)21-18-14)19-8-3-4-11(10-19)15-17-7-9-22-15/h7,9,11H,1-6,8,10H2/t11-/m0/s1. The highest BCUT2D eigenvalue weighted by molar-refractivity contribution is 7.09. The van der Waals surface area contributed by atoms with Crippen LogP contribution in [0.5, 0.6) is 0 Å². The average molecular weight is 317 g/mol. The normalized spacial score (nSPS) is 21.6. The lowest BCUT2D eigenvalue weighted by Gasteiger charge is -2.31. The molecule has 6 heteroatoms. The maximum absolute atomic E-state index is 12.8. The van der Waals surface area contributed by atoms with Crippen molar-refractivity contribution in [3.8, 4) is 0 Å². The average Bonchev–Trinajstić information content (AvgIpc) is 3.24. The smallest absolute Gasteiger partial charge is 0.276 e. The molecule has 0 aromatic carbocycles. The van der Waals surface area contributed by atoms with Gasteiger partial charge in [0.1, 0.15) is 5.76 Å². The molecule has 0 N–H and O–H groups in total. The molecule has 0 radical (unpaired) electrons. The SMILES string of the molecule is O=C(c1noc2c1CCCC2)N1CCC[C@H](c2nccs2)C1. The van der Waals surface area contributed by atoms with Gasteiger partial charge >= 0.3 is 0 Å². The zero-order valence-corrected chi connectivity index (χ0v) is 13.3. The first-order chi connectivity index (χ1) is 10.8. The third-order valence-corrected chi connectivity index (χ3v) is 5.60. The lowest BCUT2D eigenvalue weighted by atomic mass is 9.95. The van der Waals surface area contributed by atoms with E-state index < -0.39 is 0 Å². The zero-order valence-electron chi connectivity index (χ0n) is 12.5. The van der Waals surface area contributed by atoms with Crippen LogP contribution in [-0.2, 0) is 12.8 Å². The third-order valence-electron chi connectivity index (χ3n) is 4.66. The molecule has 0 bridgehead atoms. The van der Waals surface area contributed by atoms with Gasteiger partial charge in [-0.1, -0.05) is 5.16 Å². The number of hydrogen-bond donors (Lipinski definition) is 0. The number of aryl methyl sites for hydroxylation is 1. The lowest BCUT2D eigenvalue weighted by Crippen LogP contribution is -2.39. The van der Waals surface area contributed by atoms with Crippen molar-refractivity contribution in [1.29, 1.82) is 0 Å². The molecular weight excluding hydrogens is 298 g/mol. The number of hydrogen-bond acceptors (Lipinski definition) is 5. The maximum atomic E-state index is 12.8. The lowest BCUT2D eigenvalue weighted by molar-refractivity contribution is 0.0695. The van der Waals surface area contributed by atoms with Gasteiger partial charge in [0.05, 0.1) is 5.01 Å². The molecule has 2 aromatic rings. The highest BCUT2D eigenvalue weighted by Crippen LogP contribution is 2.30. The van der Waals surface area contributed by atoms with Crippen LogP contribution in [0.25, 0.3) is 0 Å². The summed E-state index contributed by atoms with van der Waals surface area (Å²) in [6.45, 7) is 1.55. The number of likely N-dealkylation sites (tertiary alicyclic amines) is 1. The van der Waals surface area contributed by atoms with E-state index in [4.69, 9.17) is 4.52 Å².